The minimum Gasteiger partial charge on any atom is -0.322 e. The van der Waals surface area contributed by atoms with Crippen LogP contribution < -0.4 is 21.7 Å². The molecule has 1 aromatic carbocycles. The number of carbonyl (C=O) groups excluding carboxylic acids is 1. The van der Waals surface area contributed by atoms with Gasteiger partial charge in [0.1, 0.15) is 5.65 Å². The van der Waals surface area contributed by atoms with E-state index in [2.05, 4.69) is 15.3 Å². The maximum absolute atomic E-state index is 12.7. The Bertz CT molecular complexity index is 1400. The van der Waals surface area contributed by atoms with E-state index in [0.717, 1.165) is 12.8 Å². The molecule has 2 heterocycles. The molecule has 3 aromatic rings. The van der Waals surface area contributed by atoms with Gasteiger partial charge in [-0.05, 0) is 43.0 Å². The van der Waals surface area contributed by atoms with E-state index in [0.29, 0.717) is 12.0 Å². The van der Waals surface area contributed by atoms with Gasteiger partial charge in [0.05, 0.1) is 15.8 Å². The first-order valence-corrected chi connectivity index (χ1v) is 10.9. The van der Waals surface area contributed by atoms with Gasteiger partial charge in [0.15, 0.2) is 0 Å². The maximum Gasteiger partial charge on any atom is 0.330 e. The quantitative estimate of drug-likeness (QED) is 0.546. The molecule has 0 bridgehead atoms. The fraction of sp³-hybridized carbons (Fsp3) is 0.263. The molecule has 0 atom stereocenters. The number of rotatable bonds is 5. The number of hydrogen-bond acceptors (Lipinski definition) is 6. The van der Waals surface area contributed by atoms with Gasteiger partial charge < -0.3 is 5.32 Å². The lowest BCUT2D eigenvalue weighted by molar-refractivity contribution is 0.102. The van der Waals surface area contributed by atoms with E-state index in [9.17, 15) is 22.8 Å². The third-order valence-corrected chi connectivity index (χ3v) is 5.96. The van der Waals surface area contributed by atoms with E-state index in [1.807, 2.05) is 0 Å². The fourth-order valence-corrected chi connectivity index (χ4v) is 4.19. The number of pyridine rings is 1. The predicted molar refractivity (Wildman–Crippen MR) is 110 cm³/mol. The average molecular weight is 429 g/mol. The van der Waals surface area contributed by atoms with E-state index >= 15 is 0 Å². The Morgan fingerprint density at radius 3 is 2.67 bits per heavy atom. The highest BCUT2D eigenvalue weighted by Crippen LogP contribution is 2.34. The number of benzene rings is 1. The minimum absolute atomic E-state index is 0.00209. The van der Waals surface area contributed by atoms with Gasteiger partial charge in [-0.1, -0.05) is 13.0 Å². The van der Waals surface area contributed by atoms with Crippen LogP contribution in [0.4, 0.5) is 5.69 Å². The van der Waals surface area contributed by atoms with Crippen LogP contribution in [0.1, 0.15) is 41.7 Å². The lowest BCUT2D eigenvalue weighted by atomic mass is 10.1. The van der Waals surface area contributed by atoms with Crippen LogP contribution in [0.15, 0.2) is 44.9 Å². The summed E-state index contributed by atoms with van der Waals surface area (Å²) >= 11 is 0. The van der Waals surface area contributed by atoms with Crippen LogP contribution in [0.2, 0.25) is 0 Å². The third-order valence-electron chi connectivity index (χ3n) is 4.97. The molecule has 0 spiro atoms. The number of nitrogens with zero attached hydrogens (tertiary/aromatic N) is 2. The standard InChI is InChI=1S/C19H19N5O5S/c1-2-10-3-4-12(8-15(10)30(20,28)29)22-17(25)11-7-14-16(21-9-11)24(13-5-6-13)19(27)23-18(14)26/h3-4,7-9,13H,2,5-6H2,1H3,(H,22,25)(H2,20,28,29)(H,23,26,27). The molecule has 0 radical (unpaired) electrons. The fourth-order valence-electron chi connectivity index (χ4n) is 3.33. The minimum atomic E-state index is -3.96. The number of H-pyrrole nitrogens is 1. The zero-order valence-corrected chi connectivity index (χ0v) is 16.8. The number of carbonyl (C=O) groups is 1. The Balaban J connectivity index is 1.71. The highest BCUT2D eigenvalue weighted by Gasteiger charge is 2.28. The summed E-state index contributed by atoms with van der Waals surface area (Å²) < 4.78 is 25.1. The first-order valence-electron chi connectivity index (χ1n) is 9.30. The number of aryl methyl sites for hydroxylation is 1. The molecule has 11 heteroatoms. The molecule has 156 valence electrons. The highest BCUT2D eigenvalue weighted by atomic mass is 32.2. The Kier molecular flexibility index (Phi) is 4.79. The number of anilines is 1. The lowest BCUT2D eigenvalue weighted by Gasteiger charge is -2.11. The third kappa shape index (κ3) is 3.64. The van der Waals surface area contributed by atoms with Crippen LogP contribution >= 0.6 is 0 Å². The molecule has 1 saturated carbocycles. The number of nitrogens with two attached hydrogens (primary N) is 1. The summed E-state index contributed by atoms with van der Waals surface area (Å²) in [6.45, 7) is 1.79. The van der Waals surface area contributed by atoms with Crippen LogP contribution in [0.3, 0.4) is 0 Å². The zero-order chi connectivity index (χ0) is 21.6. The van der Waals surface area contributed by atoms with Crippen molar-refractivity contribution in [2.45, 2.75) is 37.1 Å². The summed E-state index contributed by atoms with van der Waals surface area (Å²) in [5, 5.41) is 7.98. The monoisotopic (exact) mass is 429 g/mol. The molecule has 1 fully saturated rings. The van der Waals surface area contributed by atoms with Crippen molar-refractivity contribution in [3.8, 4) is 0 Å². The van der Waals surface area contributed by atoms with Crippen molar-refractivity contribution in [1.82, 2.24) is 14.5 Å². The molecular weight excluding hydrogens is 410 g/mol. The van der Waals surface area contributed by atoms with Crippen molar-refractivity contribution in [1.29, 1.82) is 0 Å². The molecular formula is C19H19N5O5S. The molecule has 0 saturated heterocycles. The lowest BCUT2D eigenvalue weighted by Crippen LogP contribution is -2.30. The van der Waals surface area contributed by atoms with E-state index in [1.165, 1.54) is 22.9 Å². The number of fused-ring (bicyclic) bond motifs is 1. The van der Waals surface area contributed by atoms with E-state index in [1.54, 1.807) is 19.1 Å². The summed E-state index contributed by atoms with van der Waals surface area (Å²) in [6, 6.07) is 5.79. The largest absolute Gasteiger partial charge is 0.330 e. The molecule has 1 aliphatic carbocycles. The van der Waals surface area contributed by atoms with Crippen LogP contribution in [0.5, 0.6) is 0 Å². The van der Waals surface area contributed by atoms with Gasteiger partial charge in [-0.15, -0.1) is 0 Å². The number of aromatic nitrogens is 3. The number of amides is 1. The van der Waals surface area contributed by atoms with Crippen LogP contribution in [-0.4, -0.2) is 28.9 Å². The molecule has 0 unspecified atom stereocenters. The second-order valence-electron chi connectivity index (χ2n) is 7.13. The average Bonchev–Trinajstić information content (AvgIpc) is 3.52. The van der Waals surface area contributed by atoms with Crippen LogP contribution in [0, 0.1) is 0 Å². The Hall–Kier alpha value is -3.31. The second-order valence-corrected chi connectivity index (χ2v) is 8.66. The van der Waals surface area contributed by atoms with Crippen LogP contribution in [0.25, 0.3) is 11.0 Å². The zero-order valence-electron chi connectivity index (χ0n) is 16.0. The molecule has 4 N–H and O–H groups in total. The molecule has 30 heavy (non-hydrogen) atoms. The van der Waals surface area contributed by atoms with Gasteiger partial charge in [0, 0.05) is 17.9 Å². The first kappa shape index (κ1) is 20.0. The first-order chi connectivity index (χ1) is 14.2. The number of nitrogens with one attached hydrogen (secondary N) is 2. The SMILES string of the molecule is CCc1ccc(NC(=O)c2cnc3c(c2)c(=O)[nH]c(=O)n3C2CC2)cc1S(N)(=O)=O. The summed E-state index contributed by atoms with van der Waals surface area (Å²) in [6.07, 6.45) is 3.38. The second kappa shape index (κ2) is 7.18. The van der Waals surface area contributed by atoms with E-state index < -0.39 is 27.2 Å². The van der Waals surface area contributed by atoms with Crippen molar-refractivity contribution in [2.24, 2.45) is 5.14 Å². The van der Waals surface area contributed by atoms with Crippen molar-refractivity contribution in [3.05, 3.63) is 62.4 Å². The van der Waals surface area contributed by atoms with Crippen LogP contribution in [-0.2, 0) is 16.4 Å². The van der Waals surface area contributed by atoms with E-state index in [-0.39, 0.29) is 33.2 Å². The number of hydrogen-bond donors (Lipinski definition) is 3. The molecule has 1 amide bonds. The number of aromatic amines is 1. The van der Waals surface area contributed by atoms with Crippen molar-refractivity contribution in [3.63, 3.8) is 0 Å². The number of primary sulfonamides is 1. The highest BCUT2D eigenvalue weighted by molar-refractivity contribution is 7.89. The summed E-state index contributed by atoms with van der Waals surface area (Å²) in [7, 11) is -3.96. The summed E-state index contributed by atoms with van der Waals surface area (Å²) in [5.74, 6) is -0.586. The van der Waals surface area contributed by atoms with Crippen molar-refractivity contribution in [2.75, 3.05) is 5.32 Å². The maximum atomic E-state index is 12.7. The molecule has 2 aromatic heterocycles. The Labute approximate surface area is 170 Å². The summed E-state index contributed by atoms with van der Waals surface area (Å²) in [4.78, 5) is 43.4. The molecule has 1 aliphatic rings. The summed E-state index contributed by atoms with van der Waals surface area (Å²) in [5.41, 5.74) is -0.0629. The van der Waals surface area contributed by atoms with Gasteiger partial charge in [-0.2, -0.15) is 0 Å². The predicted octanol–water partition coefficient (Wildman–Crippen LogP) is 0.882. The Morgan fingerprint density at radius 2 is 2.03 bits per heavy atom. The molecule has 4 rings (SSSR count). The number of sulfonamides is 1. The topological polar surface area (TPSA) is 157 Å². The smallest absolute Gasteiger partial charge is 0.322 e. The van der Waals surface area contributed by atoms with Crippen molar-refractivity contribution >= 4 is 32.7 Å². The normalized spacial score (nSPS) is 14.1. The molecule has 0 aliphatic heterocycles. The van der Waals surface area contributed by atoms with E-state index in [4.69, 9.17) is 5.14 Å². The van der Waals surface area contributed by atoms with Gasteiger partial charge in [-0.25, -0.2) is 23.3 Å². The van der Waals surface area contributed by atoms with Gasteiger partial charge in [-0.3, -0.25) is 19.1 Å². The van der Waals surface area contributed by atoms with Gasteiger partial charge in [0.2, 0.25) is 10.0 Å². The van der Waals surface area contributed by atoms with Gasteiger partial charge >= 0.3 is 5.69 Å². The van der Waals surface area contributed by atoms with Crippen molar-refractivity contribution < 1.29 is 13.2 Å². The van der Waals surface area contributed by atoms with Gasteiger partial charge in [0.25, 0.3) is 11.5 Å². The Morgan fingerprint density at radius 1 is 1.30 bits per heavy atom. The molecule has 10 nitrogen and oxygen atoms in total.